The van der Waals surface area contributed by atoms with E-state index in [1.54, 1.807) is 25.3 Å². The number of methoxy groups -OCH3 is 1. The Morgan fingerprint density at radius 3 is 2.70 bits per heavy atom. The summed E-state index contributed by atoms with van der Waals surface area (Å²) in [7, 11) is 1.63. The monoisotopic (exact) mass is 277 g/mol. The molecule has 1 N–H and O–H groups in total. The summed E-state index contributed by atoms with van der Waals surface area (Å²) in [6.07, 6.45) is 3.99. The number of carboxylic acid groups (broad SMARTS) is 1. The Balaban J connectivity index is 2.11. The lowest BCUT2D eigenvalue weighted by Gasteiger charge is -2.32. The number of ether oxygens (including phenoxy) is 1. The summed E-state index contributed by atoms with van der Waals surface area (Å²) in [4.78, 5) is 13.5. The third-order valence-corrected chi connectivity index (χ3v) is 4.11. The highest BCUT2D eigenvalue weighted by Gasteiger charge is 2.21. The van der Waals surface area contributed by atoms with Crippen LogP contribution < -0.4 is 4.74 Å². The Hall–Kier alpha value is -1.55. The van der Waals surface area contributed by atoms with Crippen LogP contribution >= 0.6 is 0 Å². The minimum atomic E-state index is -0.893. The van der Waals surface area contributed by atoms with Gasteiger partial charge in [-0.15, -0.1) is 0 Å². The van der Waals surface area contributed by atoms with Crippen molar-refractivity contribution in [2.75, 3.05) is 20.2 Å². The number of carboxylic acids is 1. The summed E-state index contributed by atoms with van der Waals surface area (Å²) in [6, 6.07) is 5.06. The van der Waals surface area contributed by atoms with Crippen LogP contribution in [0.5, 0.6) is 5.75 Å². The number of carbonyl (C=O) groups is 1. The predicted octanol–water partition coefficient (Wildman–Crippen LogP) is 3.02. The highest BCUT2D eigenvalue weighted by Crippen LogP contribution is 2.28. The van der Waals surface area contributed by atoms with Crippen LogP contribution in [-0.4, -0.2) is 36.2 Å². The van der Waals surface area contributed by atoms with Gasteiger partial charge in [-0.2, -0.15) is 0 Å². The number of hydrogen-bond donors (Lipinski definition) is 1. The second-order valence-electron chi connectivity index (χ2n) is 5.46. The average Bonchev–Trinajstić information content (AvgIpc) is 2.40. The van der Waals surface area contributed by atoms with E-state index in [-0.39, 0.29) is 0 Å². The molecule has 1 aromatic rings. The average molecular weight is 277 g/mol. The molecule has 0 atom stereocenters. The van der Waals surface area contributed by atoms with Gasteiger partial charge in [-0.1, -0.05) is 13.3 Å². The van der Waals surface area contributed by atoms with E-state index < -0.39 is 5.97 Å². The molecule has 1 fully saturated rings. The summed E-state index contributed by atoms with van der Waals surface area (Å²) >= 11 is 0. The second kappa shape index (κ2) is 6.75. The minimum absolute atomic E-state index is 0.320. The van der Waals surface area contributed by atoms with Crippen LogP contribution in [0.2, 0.25) is 0 Å². The zero-order chi connectivity index (χ0) is 14.5. The molecule has 0 bridgehead atoms. The molecule has 2 rings (SSSR count). The van der Waals surface area contributed by atoms with Crippen molar-refractivity contribution in [2.24, 2.45) is 5.92 Å². The van der Waals surface area contributed by atoms with Crippen LogP contribution in [-0.2, 0) is 6.54 Å². The fourth-order valence-electron chi connectivity index (χ4n) is 2.62. The molecule has 0 aliphatic heterocycles. The summed E-state index contributed by atoms with van der Waals surface area (Å²) in [5, 5.41) is 9.10. The van der Waals surface area contributed by atoms with Crippen LogP contribution in [0.1, 0.15) is 42.1 Å². The van der Waals surface area contributed by atoms with E-state index in [0.717, 1.165) is 36.9 Å². The van der Waals surface area contributed by atoms with E-state index in [1.807, 2.05) is 0 Å². The van der Waals surface area contributed by atoms with Crippen molar-refractivity contribution in [3.8, 4) is 5.75 Å². The van der Waals surface area contributed by atoms with Gasteiger partial charge in [-0.25, -0.2) is 4.79 Å². The Morgan fingerprint density at radius 1 is 1.45 bits per heavy atom. The highest BCUT2D eigenvalue weighted by molar-refractivity contribution is 5.88. The lowest BCUT2D eigenvalue weighted by Crippen LogP contribution is -2.32. The van der Waals surface area contributed by atoms with Gasteiger partial charge in [0.25, 0.3) is 0 Å². The smallest absolute Gasteiger partial charge is 0.335 e. The van der Waals surface area contributed by atoms with E-state index in [0.29, 0.717) is 5.56 Å². The van der Waals surface area contributed by atoms with Gasteiger partial charge >= 0.3 is 5.97 Å². The van der Waals surface area contributed by atoms with Gasteiger partial charge in [0.2, 0.25) is 0 Å². The number of nitrogens with zero attached hydrogens (tertiary/aromatic N) is 1. The maximum Gasteiger partial charge on any atom is 0.335 e. The number of aromatic carboxylic acids is 1. The molecule has 4 heteroatoms. The molecule has 110 valence electrons. The molecule has 4 nitrogen and oxygen atoms in total. The minimum Gasteiger partial charge on any atom is -0.496 e. The molecule has 1 aromatic carbocycles. The molecule has 1 saturated carbocycles. The fourth-order valence-corrected chi connectivity index (χ4v) is 2.62. The van der Waals surface area contributed by atoms with Crippen molar-refractivity contribution in [1.29, 1.82) is 0 Å². The Bertz CT molecular complexity index is 469. The lowest BCUT2D eigenvalue weighted by molar-refractivity contribution is 0.0696. The molecule has 0 aromatic heterocycles. The van der Waals surface area contributed by atoms with Gasteiger partial charge in [-0.3, -0.25) is 4.90 Å². The largest absolute Gasteiger partial charge is 0.496 e. The van der Waals surface area contributed by atoms with Crippen molar-refractivity contribution in [3.63, 3.8) is 0 Å². The van der Waals surface area contributed by atoms with Crippen molar-refractivity contribution < 1.29 is 14.6 Å². The molecule has 0 radical (unpaired) electrons. The molecule has 0 unspecified atom stereocenters. The van der Waals surface area contributed by atoms with Crippen molar-refractivity contribution >= 4 is 5.97 Å². The maximum atomic E-state index is 11.1. The molecule has 0 amide bonds. The zero-order valence-electron chi connectivity index (χ0n) is 12.3. The molecule has 0 spiro atoms. The van der Waals surface area contributed by atoms with Crippen LogP contribution in [0.4, 0.5) is 0 Å². The Kier molecular flexibility index (Phi) is 5.01. The van der Waals surface area contributed by atoms with E-state index in [2.05, 4.69) is 11.8 Å². The zero-order valence-corrected chi connectivity index (χ0v) is 12.3. The topological polar surface area (TPSA) is 49.8 Å². The predicted molar refractivity (Wildman–Crippen MR) is 78.2 cm³/mol. The van der Waals surface area contributed by atoms with E-state index in [9.17, 15) is 4.79 Å². The van der Waals surface area contributed by atoms with Crippen LogP contribution in [0, 0.1) is 5.92 Å². The molecule has 0 saturated heterocycles. The number of benzene rings is 1. The quantitative estimate of drug-likeness (QED) is 0.832. The number of rotatable bonds is 7. The first-order valence-corrected chi connectivity index (χ1v) is 7.26. The first-order chi connectivity index (χ1) is 9.63. The molecular weight excluding hydrogens is 254 g/mol. The summed E-state index contributed by atoms with van der Waals surface area (Å²) in [5.74, 6) is 0.682. The normalized spacial score (nSPS) is 15.2. The van der Waals surface area contributed by atoms with Gasteiger partial charge in [0.1, 0.15) is 5.75 Å². The summed E-state index contributed by atoms with van der Waals surface area (Å²) in [6.45, 7) is 4.96. The number of hydrogen-bond acceptors (Lipinski definition) is 3. The lowest BCUT2D eigenvalue weighted by atomic mass is 9.85. The van der Waals surface area contributed by atoms with Crippen molar-refractivity contribution in [1.82, 2.24) is 4.90 Å². The van der Waals surface area contributed by atoms with Crippen LogP contribution in [0.15, 0.2) is 18.2 Å². The second-order valence-corrected chi connectivity index (χ2v) is 5.46. The Labute approximate surface area is 120 Å². The van der Waals surface area contributed by atoms with Crippen LogP contribution in [0.3, 0.4) is 0 Å². The van der Waals surface area contributed by atoms with E-state index >= 15 is 0 Å². The molecular formula is C16H23NO3. The molecule has 20 heavy (non-hydrogen) atoms. The molecule has 1 aliphatic carbocycles. The maximum absolute atomic E-state index is 11.1. The third-order valence-electron chi connectivity index (χ3n) is 4.11. The standard InChI is InChI=1S/C16H23NO3/c1-3-17(10-12-5-4-6-12)11-14-9-13(16(18)19)7-8-15(14)20-2/h7-9,12H,3-6,10-11H2,1-2H3,(H,18,19). The molecule has 1 aliphatic rings. The fraction of sp³-hybridized carbons (Fsp3) is 0.562. The van der Waals surface area contributed by atoms with Gasteiger partial charge in [-0.05, 0) is 43.5 Å². The van der Waals surface area contributed by atoms with Gasteiger partial charge in [0, 0.05) is 18.7 Å². The SMILES string of the molecule is CCN(Cc1cc(C(=O)O)ccc1OC)CC1CCC1. The van der Waals surface area contributed by atoms with Gasteiger partial charge < -0.3 is 9.84 Å². The van der Waals surface area contributed by atoms with Crippen LogP contribution in [0.25, 0.3) is 0 Å². The first-order valence-electron chi connectivity index (χ1n) is 7.26. The summed E-state index contributed by atoms with van der Waals surface area (Å²) < 4.78 is 5.35. The molecule has 0 heterocycles. The summed E-state index contributed by atoms with van der Waals surface area (Å²) in [5.41, 5.74) is 1.27. The Morgan fingerprint density at radius 2 is 2.20 bits per heavy atom. The van der Waals surface area contributed by atoms with Gasteiger partial charge in [0.15, 0.2) is 0 Å². The van der Waals surface area contributed by atoms with Crippen molar-refractivity contribution in [2.45, 2.75) is 32.7 Å². The van der Waals surface area contributed by atoms with Crippen molar-refractivity contribution in [3.05, 3.63) is 29.3 Å². The third kappa shape index (κ3) is 3.51. The highest BCUT2D eigenvalue weighted by atomic mass is 16.5. The van der Waals surface area contributed by atoms with Gasteiger partial charge in [0.05, 0.1) is 12.7 Å². The van der Waals surface area contributed by atoms with E-state index in [4.69, 9.17) is 9.84 Å². The first kappa shape index (κ1) is 14.9. The van der Waals surface area contributed by atoms with E-state index in [1.165, 1.54) is 19.3 Å².